The Morgan fingerprint density at radius 3 is 1.24 bits per heavy atom. The maximum atomic E-state index is 12.8. The molecule has 0 bridgehead atoms. The van der Waals surface area contributed by atoms with Crippen molar-refractivity contribution in [3.8, 4) is 0 Å². The first kappa shape index (κ1) is 50.3. The van der Waals surface area contributed by atoms with Crippen LogP contribution in [0.3, 0.4) is 0 Å². The van der Waals surface area contributed by atoms with Crippen LogP contribution in [0.4, 0.5) is 0 Å². The molecule has 0 amide bonds. The Labute approximate surface area is 332 Å². The molecule has 1 atom stereocenters. The van der Waals surface area contributed by atoms with Gasteiger partial charge in [-0.05, 0) is 44.9 Å². The highest BCUT2D eigenvalue weighted by molar-refractivity contribution is 5.71. The Morgan fingerprint density at radius 2 is 0.855 bits per heavy atom. The van der Waals surface area contributed by atoms with Crippen molar-refractivity contribution in [1.82, 2.24) is 4.90 Å². The summed E-state index contributed by atoms with van der Waals surface area (Å²) in [6.07, 6.45) is 19.6. The molecular formula is C43H77NO11. The van der Waals surface area contributed by atoms with Gasteiger partial charge < -0.3 is 28.8 Å². The molecule has 320 valence electrons. The molecule has 1 unspecified atom stereocenters. The van der Waals surface area contributed by atoms with Crippen LogP contribution in [0.1, 0.15) is 175 Å². The zero-order chi connectivity index (χ0) is 40.4. The topological polar surface area (TPSA) is 155 Å². The Bertz CT molecular complexity index is 989. The van der Waals surface area contributed by atoms with E-state index in [1.54, 1.807) is 0 Å². The molecular weight excluding hydrogens is 706 g/mol. The summed E-state index contributed by atoms with van der Waals surface area (Å²) in [5.74, 6) is -2.49. The van der Waals surface area contributed by atoms with Gasteiger partial charge in [-0.15, -0.1) is 0 Å². The molecule has 0 heterocycles. The number of carbonyl (C=O) groups excluding carboxylic acids is 5. The number of carbonyl (C=O) groups is 5. The summed E-state index contributed by atoms with van der Waals surface area (Å²) in [5, 5.41) is 9.42. The molecule has 0 aliphatic heterocycles. The van der Waals surface area contributed by atoms with Crippen molar-refractivity contribution in [2.75, 3.05) is 52.7 Å². The van der Waals surface area contributed by atoms with E-state index in [-0.39, 0.29) is 76.3 Å². The van der Waals surface area contributed by atoms with E-state index in [1.165, 1.54) is 0 Å². The zero-order valence-corrected chi connectivity index (χ0v) is 34.8. The third-order valence-electron chi connectivity index (χ3n) is 10.2. The quantitative estimate of drug-likeness (QED) is 0.0368. The van der Waals surface area contributed by atoms with Crippen LogP contribution >= 0.6 is 0 Å². The number of esters is 5. The van der Waals surface area contributed by atoms with Gasteiger partial charge in [0, 0.05) is 50.7 Å². The van der Waals surface area contributed by atoms with Crippen molar-refractivity contribution < 1.29 is 52.8 Å². The second-order valence-electron chi connectivity index (χ2n) is 15.3. The largest absolute Gasteiger partial charge is 0.465 e. The van der Waals surface area contributed by atoms with Gasteiger partial charge in [0.2, 0.25) is 0 Å². The van der Waals surface area contributed by atoms with Crippen LogP contribution in [0, 0.1) is 11.8 Å². The van der Waals surface area contributed by atoms with E-state index >= 15 is 0 Å². The van der Waals surface area contributed by atoms with Crippen LogP contribution in [-0.2, 0) is 47.7 Å². The van der Waals surface area contributed by atoms with E-state index in [2.05, 4.69) is 25.7 Å². The molecule has 1 fully saturated rings. The van der Waals surface area contributed by atoms with Crippen molar-refractivity contribution in [3.05, 3.63) is 0 Å². The van der Waals surface area contributed by atoms with Gasteiger partial charge in [0.25, 0.3) is 0 Å². The van der Waals surface area contributed by atoms with E-state index in [9.17, 15) is 29.1 Å². The number of hydrogen-bond donors (Lipinski definition) is 1. The standard InChI is InChI=1S/C43H77NO11/c1-4-7-10-13-16-24-39(46)51-31-36(32-52-40(47)25-17-14-11-8-5-2)20-18-26-42(49)54-34-37(33-53-41(48)23-15-12-9-6-3)35-55-43(50)27-28-44(29-30-45)38-21-19-22-38/h36-38,45H,4-35H2,1-3H3. The van der Waals surface area contributed by atoms with Crippen molar-refractivity contribution in [2.24, 2.45) is 11.8 Å². The number of ether oxygens (including phenoxy) is 5. The summed E-state index contributed by atoms with van der Waals surface area (Å²) >= 11 is 0. The molecule has 1 rings (SSSR count). The van der Waals surface area contributed by atoms with Gasteiger partial charge in [-0.3, -0.25) is 28.9 Å². The van der Waals surface area contributed by atoms with Crippen LogP contribution in [0.25, 0.3) is 0 Å². The summed E-state index contributed by atoms with van der Waals surface area (Å²) in [4.78, 5) is 64.8. The second kappa shape index (κ2) is 34.5. The van der Waals surface area contributed by atoms with Crippen LogP contribution < -0.4 is 0 Å². The smallest absolute Gasteiger partial charge is 0.307 e. The molecule has 1 N–H and O–H groups in total. The monoisotopic (exact) mass is 784 g/mol. The van der Waals surface area contributed by atoms with Crippen molar-refractivity contribution in [3.63, 3.8) is 0 Å². The Hall–Kier alpha value is -2.73. The Morgan fingerprint density at radius 1 is 0.491 bits per heavy atom. The van der Waals surface area contributed by atoms with Crippen molar-refractivity contribution >= 4 is 29.8 Å². The lowest BCUT2D eigenvalue weighted by Crippen LogP contribution is -2.43. The highest BCUT2D eigenvalue weighted by Gasteiger charge is 2.25. The van der Waals surface area contributed by atoms with Crippen LogP contribution in [0.5, 0.6) is 0 Å². The Kier molecular flexibility index (Phi) is 31.6. The molecule has 0 saturated heterocycles. The van der Waals surface area contributed by atoms with Gasteiger partial charge in [0.15, 0.2) is 0 Å². The Balaban J connectivity index is 2.64. The first-order chi connectivity index (χ1) is 26.7. The summed E-state index contributed by atoms with van der Waals surface area (Å²) < 4.78 is 27.7. The average Bonchev–Trinajstić information content (AvgIpc) is 3.15. The lowest BCUT2D eigenvalue weighted by atomic mass is 9.91. The maximum absolute atomic E-state index is 12.8. The van der Waals surface area contributed by atoms with Gasteiger partial charge in [-0.25, -0.2) is 0 Å². The highest BCUT2D eigenvalue weighted by Crippen LogP contribution is 2.24. The van der Waals surface area contributed by atoms with Gasteiger partial charge in [0.1, 0.15) is 19.8 Å². The first-order valence-electron chi connectivity index (χ1n) is 21.8. The number of nitrogens with zero attached hydrogens (tertiary/aromatic N) is 1. The average molecular weight is 784 g/mol. The molecule has 1 aliphatic rings. The highest BCUT2D eigenvalue weighted by atomic mass is 16.6. The molecule has 12 heteroatoms. The predicted octanol–water partition coefficient (Wildman–Crippen LogP) is 8.03. The predicted molar refractivity (Wildman–Crippen MR) is 212 cm³/mol. The van der Waals surface area contributed by atoms with Crippen molar-refractivity contribution in [2.45, 2.75) is 181 Å². The first-order valence-corrected chi connectivity index (χ1v) is 21.8. The number of rotatable bonds is 37. The lowest BCUT2D eigenvalue weighted by Gasteiger charge is -2.37. The van der Waals surface area contributed by atoms with Gasteiger partial charge in [0.05, 0.1) is 32.2 Å². The summed E-state index contributed by atoms with van der Waals surface area (Å²) in [6.45, 7) is 7.48. The third-order valence-corrected chi connectivity index (χ3v) is 10.2. The summed E-state index contributed by atoms with van der Waals surface area (Å²) in [6, 6.07) is 0.388. The van der Waals surface area contributed by atoms with E-state index in [0.29, 0.717) is 51.2 Å². The SMILES string of the molecule is CCCCCCCC(=O)OCC(CCCC(=O)OCC(COC(=O)CCCCCC)COC(=O)CCN(CCO)C1CCC1)COC(=O)CCCCCCC. The lowest BCUT2D eigenvalue weighted by molar-refractivity contribution is -0.155. The summed E-state index contributed by atoms with van der Waals surface area (Å²) in [7, 11) is 0. The van der Waals surface area contributed by atoms with E-state index in [0.717, 1.165) is 109 Å². The van der Waals surface area contributed by atoms with Crippen molar-refractivity contribution in [1.29, 1.82) is 0 Å². The fraction of sp³-hybridized carbons (Fsp3) is 0.884. The molecule has 1 saturated carbocycles. The number of hydrogen-bond acceptors (Lipinski definition) is 12. The van der Waals surface area contributed by atoms with Gasteiger partial charge in [-0.1, -0.05) is 97.8 Å². The minimum atomic E-state index is -0.525. The van der Waals surface area contributed by atoms with Crippen LogP contribution in [-0.4, -0.2) is 98.6 Å². The molecule has 55 heavy (non-hydrogen) atoms. The third kappa shape index (κ3) is 28.3. The molecule has 0 radical (unpaired) electrons. The normalized spacial score (nSPS) is 13.3. The molecule has 0 aromatic rings. The second-order valence-corrected chi connectivity index (χ2v) is 15.3. The molecule has 0 spiro atoms. The molecule has 0 aromatic carbocycles. The fourth-order valence-corrected chi connectivity index (χ4v) is 6.34. The van der Waals surface area contributed by atoms with Gasteiger partial charge in [-0.2, -0.15) is 0 Å². The number of aliphatic hydroxyl groups excluding tert-OH is 1. The molecule has 1 aliphatic carbocycles. The number of unbranched alkanes of at least 4 members (excludes halogenated alkanes) is 11. The van der Waals surface area contributed by atoms with E-state index in [1.807, 2.05) is 0 Å². The summed E-state index contributed by atoms with van der Waals surface area (Å²) in [5.41, 5.74) is 0. The van der Waals surface area contributed by atoms with Crippen LogP contribution in [0.2, 0.25) is 0 Å². The van der Waals surface area contributed by atoms with E-state index < -0.39 is 17.9 Å². The fourth-order valence-electron chi connectivity index (χ4n) is 6.34. The van der Waals surface area contributed by atoms with Crippen LogP contribution in [0.15, 0.2) is 0 Å². The molecule has 0 aromatic heterocycles. The zero-order valence-electron chi connectivity index (χ0n) is 34.8. The van der Waals surface area contributed by atoms with Gasteiger partial charge >= 0.3 is 29.8 Å². The molecule has 12 nitrogen and oxygen atoms in total. The minimum absolute atomic E-state index is 0.0306. The maximum Gasteiger partial charge on any atom is 0.307 e. The minimum Gasteiger partial charge on any atom is -0.465 e. The number of aliphatic hydroxyl groups is 1. The van der Waals surface area contributed by atoms with E-state index in [4.69, 9.17) is 23.7 Å².